The van der Waals surface area contributed by atoms with Crippen LogP contribution in [-0.2, 0) is 4.74 Å². The van der Waals surface area contributed by atoms with E-state index in [1.165, 1.54) is 0 Å². The van der Waals surface area contributed by atoms with E-state index in [4.69, 9.17) is 4.74 Å². The number of alkyl carbamates (subject to hydrolysis) is 1. The first-order valence-corrected chi connectivity index (χ1v) is 4.10. The number of hydrogen-bond acceptors (Lipinski definition) is 2. The molecule has 0 aromatic heterocycles. The number of hydrogen-bond donors (Lipinski definition) is 1. The summed E-state index contributed by atoms with van der Waals surface area (Å²) in [4.78, 5) is 10.9. The summed E-state index contributed by atoms with van der Waals surface area (Å²) in [5.74, 6) is 1.22. The lowest BCUT2D eigenvalue weighted by atomic mass is 10.4. The predicted octanol–water partition coefficient (Wildman–Crippen LogP) is 1.39. The van der Waals surface area contributed by atoms with Crippen LogP contribution in [0.5, 0.6) is 0 Å². The molecule has 0 aromatic carbocycles. The molecule has 0 heterocycles. The van der Waals surface area contributed by atoms with Crippen molar-refractivity contribution in [1.82, 2.24) is 5.32 Å². The van der Waals surface area contributed by atoms with Crippen molar-refractivity contribution < 1.29 is 9.53 Å². The summed E-state index contributed by atoms with van der Waals surface area (Å²) >= 11 is 0. The molecule has 1 N–H and O–H groups in total. The van der Waals surface area contributed by atoms with E-state index >= 15 is 0 Å². The van der Waals surface area contributed by atoms with Gasteiger partial charge in [0.25, 0.3) is 0 Å². The van der Waals surface area contributed by atoms with Gasteiger partial charge in [0, 0.05) is 6.04 Å². The molecule has 2 atom stereocenters. The van der Waals surface area contributed by atoms with Crippen molar-refractivity contribution in [2.24, 2.45) is 11.8 Å². The van der Waals surface area contributed by atoms with Gasteiger partial charge in [0.1, 0.15) is 0 Å². The number of carbonyl (C=O) groups is 1. The average Bonchev–Trinajstić information content (AvgIpc) is 2.46. The largest absolute Gasteiger partial charge is 0.450 e. The van der Waals surface area contributed by atoms with Crippen molar-refractivity contribution in [2.75, 3.05) is 6.61 Å². The van der Waals surface area contributed by atoms with Crippen molar-refractivity contribution in [1.29, 1.82) is 0 Å². The van der Waals surface area contributed by atoms with Crippen LogP contribution in [0, 0.1) is 11.8 Å². The Balaban J connectivity index is 2.17. The van der Waals surface area contributed by atoms with Crippen LogP contribution in [0.15, 0.2) is 0 Å². The van der Waals surface area contributed by atoms with Crippen molar-refractivity contribution >= 4 is 6.09 Å². The first-order chi connectivity index (χ1) is 5.16. The SMILES string of the molecule is CCOC(=O)NC1[C@H](C)[C@H]1C. The Kier molecular flexibility index (Phi) is 2.37. The molecule has 0 aromatic rings. The molecule has 0 radical (unpaired) electrons. The van der Waals surface area contributed by atoms with E-state index in [1.807, 2.05) is 0 Å². The highest BCUT2D eigenvalue weighted by atomic mass is 16.5. The Bertz CT molecular complexity index is 150. The molecule has 0 unspecified atom stereocenters. The molecular weight excluding hydrogens is 142 g/mol. The highest BCUT2D eigenvalue weighted by molar-refractivity contribution is 5.68. The minimum absolute atomic E-state index is 0.284. The molecule has 0 bridgehead atoms. The fourth-order valence-corrected chi connectivity index (χ4v) is 1.23. The van der Waals surface area contributed by atoms with Gasteiger partial charge < -0.3 is 10.1 Å². The predicted molar refractivity (Wildman–Crippen MR) is 42.3 cm³/mol. The quantitative estimate of drug-likeness (QED) is 0.657. The van der Waals surface area contributed by atoms with Crippen LogP contribution in [-0.4, -0.2) is 18.7 Å². The van der Waals surface area contributed by atoms with Gasteiger partial charge in [-0.3, -0.25) is 0 Å². The molecule has 11 heavy (non-hydrogen) atoms. The van der Waals surface area contributed by atoms with Crippen LogP contribution in [0.25, 0.3) is 0 Å². The van der Waals surface area contributed by atoms with Gasteiger partial charge in [0.05, 0.1) is 6.61 Å². The molecule has 3 heteroatoms. The third-order valence-electron chi connectivity index (χ3n) is 2.38. The van der Waals surface area contributed by atoms with Crippen molar-refractivity contribution in [3.63, 3.8) is 0 Å². The summed E-state index contributed by atoms with van der Waals surface area (Å²) in [5, 5.41) is 2.79. The summed E-state index contributed by atoms with van der Waals surface area (Å²) in [6.07, 6.45) is -0.284. The lowest BCUT2D eigenvalue weighted by molar-refractivity contribution is 0.151. The summed E-state index contributed by atoms with van der Waals surface area (Å²) in [5.41, 5.74) is 0. The molecule has 1 aliphatic carbocycles. The second-order valence-electron chi connectivity index (χ2n) is 3.11. The highest BCUT2D eigenvalue weighted by Crippen LogP contribution is 2.37. The zero-order chi connectivity index (χ0) is 8.43. The van der Waals surface area contributed by atoms with Crippen LogP contribution in [0.1, 0.15) is 20.8 Å². The molecule has 1 amide bonds. The topological polar surface area (TPSA) is 38.3 Å². The monoisotopic (exact) mass is 157 g/mol. The average molecular weight is 157 g/mol. The van der Waals surface area contributed by atoms with Crippen LogP contribution >= 0.6 is 0 Å². The second-order valence-corrected chi connectivity index (χ2v) is 3.11. The molecule has 1 saturated carbocycles. The van der Waals surface area contributed by atoms with Crippen molar-refractivity contribution in [3.05, 3.63) is 0 Å². The van der Waals surface area contributed by atoms with E-state index in [-0.39, 0.29) is 6.09 Å². The Morgan fingerprint density at radius 1 is 1.45 bits per heavy atom. The minimum atomic E-state index is -0.284. The van der Waals surface area contributed by atoms with Gasteiger partial charge in [0.2, 0.25) is 0 Å². The van der Waals surface area contributed by atoms with Gasteiger partial charge in [-0.1, -0.05) is 13.8 Å². The van der Waals surface area contributed by atoms with E-state index in [0.29, 0.717) is 24.5 Å². The maximum absolute atomic E-state index is 10.9. The van der Waals surface area contributed by atoms with Gasteiger partial charge in [-0.25, -0.2) is 4.79 Å². The maximum Gasteiger partial charge on any atom is 0.407 e. The fraction of sp³-hybridized carbons (Fsp3) is 0.875. The van der Waals surface area contributed by atoms with E-state index in [1.54, 1.807) is 6.92 Å². The standard InChI is InChI=1S/C8H15NO2/c1-4-11-8(10)9-7-5(2)6(7)3/h5-7H,4H2,1-3H3,(H,9,10)/t5-,6-/m1/s1. The smallest absolute Gasteiger partial charge is 0.407 e. The molecule has 64 valence electrons. The first-order valence-electron chi connectivity index (χ1n) is 4.10. The minimum Gasteiger partial charge on any atom is -0.450 e. The Labute approximate surface area is 67.1 Å². The lowest BCUT2D eigenvalue weighted by Gasteiger charge is -2.02. The number of carbonyl (C=O) groups excluding carboxylic acids is 1. The molecule has 1 rings (SSSR count). The van der Waals surface area contributed by atoms with Crippen LogP contribution < -0.4 is 5.32 Å². The van der Waals surface area contributed by atoms with Gasteiger partial charge in [-0.05, 0) is 18.8 Å². The molecule has 0 spiro atoms. The Morgan fingerprint density at radius 2 is 2.00 bits per heavy atom. The van der Waals surface area contributed by atoms with E-state index < -0.39 is 0 Å². The Morgan fingerprint density at radius 3 is 2.36 bits per heavy atom. The number of rotatable bonds is 2. The van der Waals surface area contributed by atoms with Crippen LogP contribution in [0.2, 0.25) is 0 Å². The number of amides is 1. The van der Waals surface area contributed by atoms with Crippen LogP contribution in [0.3, 0.4) is 0 Å². The summed E-state index contributed by atoms with van der Waals surface area (Å²) < 4.78 is 4.74. The molecule has 1 fully saturated rings. The highest BCUT2D eigenvalue weighted by Gasteiger charge is 2.44. The first kappa shape index (κ1) is 8.37. The zero-order valence-corrected chi connectivity index (χ0v) is 7.26. The van der Waals surface area contributed by atoms with E-state index in [2.05, 4.69) is 19.2 Å². The maximum atomic E-state index is 10.9. The number of nitrogens with one attached hydrogen (secondary N) is 1. The Hall–Kier alpha value is -0.730. The van der Waals surface area contributed by atoms with Crippen molar-refractivity contribution in [2.45, 2.75) is 26.8 Å². The summed E-state index contributed by atoms with van der Waals surface area (Å²) in [7, 11) is 0. The second kappa shape index (κ2) is 3.11. The lowest BCUT2D eigenvalue weighted by Crippen LogP contribution is -2.28. The van der Waals surface area contributed by atoms with Gasteiger partial charge in [-0.15, -0.1) is 0 Å². The van der Waals surface area contributed by atoms with Crippen LogP contribution in [0.4, 0.5) is 4.79 Å². The summed E-state index contributed by atoms with van der Waals surface area (Å²) in [6.45, 7) is 6.50. The normalized spacial score (nSPS) is 34.6. The molecule has 0 aliphatic heterocycles. The molecule has 1 aliphatic rings. The molecular formula is C8H15NO2. The van der Waals surface area contributed by atoms with E-state index in [9.17, 15) is 4.79 Å². The van der Waals surface area contributed by atoms with E-state index in [0.717, 1.165) is 0 Å². The van der Waals surface area contributed by atoms with Gasteiger partial charge >= 0.3 is 6.09 Å². The summed E-state index contributed by atoms with van der Waals surface area (Å²) in [6, 6.07) is 0.342. The van der Waals surface area contributed by atoms with Gasteiger partial charge in [0.15, 0.2) is 0 Å². The number of ether oxygens (including phenoxy) is 1. The third kappa shape index (κ3) is 1.85. The fourth-order valence-electron chi connectivity index (χ4n) is 1.23. The third-order valence-corrected chi connectivity index (χ3v) is 2.38. The van der Waals surface area contributed by atoms with Gasteiger partial charge in [-0.2, -0.15) is 0 Å². The molecule has 3 nitrogen and oxygen atoms in total. The van der Waals surface area contributed by atoms with Crippen molar-refractivity contribution in [3.8, 4) is 0 Å². The zero-order valence-electron chi connectivity index (χ0n) is 7.26. The molecule has 0 saturated heterocycles.